The second-order valence-electron chi connectivity index (χ2n) is 3.44. The van der Waals surface area contributed by atoms with E-state index >= 15 is 0 Å². The van der Waals surface area contributed by atoms with Gasteiger partial charge in [-0.05, 0) is 36.6 Å². The van der Waals surface area contributed by atoms with E-state index in [-0.39, 0.29) is 0 Å². The molecule has 1 atom stereocenters. The van der Waals surface area contributed by atoms with Gasteiger partial charge in [-0.3, -0.25) is 4.79 Å². The lowest BCUT2D eigenvalue weighted by Gasteiger charge is -2.10. The van der Waals surface area contributed by atoms with Crippen LogP contribution in [0.5, 0.6) is 5.75 Å². The van der Waals surface area contributed by atoms with Crippen LogP contribution in [0.25, 0.3) is 0 Å². The molecule has 1 unspecified atom stereocenters. The van der Waals surface area contributed by atoms with Crippen molar-refractivity contribution >= 4 is 5.97 Å². The van der Waals surface area contributed by atoms with Crippen LogP contribution >= 0.6 is 0 Å². The lowest BCUT2D eigenvalue weighted by Crippen LogP contribution is -2.32. The fourth-order valence-corrected chi connectivity index (χ4v) is 1.32. The zero-order valence-electron chi connectivity index (χ0n) is 8.86. The summed E-state index contributed by atoms with van der Waals surface area (Å²) in [4.78, 5) is 10.6. The van der Waals surface area contributed by atoms with Gasteiger partial charge < -0.3 is 15.6 Å². The summed E-state index contributed by atoms with van der Waals surface area (Å²) >= 11 is 0. The molecule has 82 valence electrons. The number of methoxy groups -OCH3 is 1. The highest BCUT2D eigenvalue weighted by molar-refractivity contribution is 5.73. The molecule has 0 aliphatic rings. The normalized spacial score (nSPS) is 12.2. The van der Waals surface area contributed by atoms with Crippen molar-refractivity contribution in [3.63, 3.8) is 0 Å². The number of hydrogen-bond donors (Lipinski definition) is 2. The zero-order valence-corrected chi connectivity index (χ0v) is 8.86. The SMILES string of the molecule is COc1ccc(C)c(CC(N)C(=O)O)c1. The molecule has 1 rings (SSSR count). The molecule has 1 aromatic carbocycles. The molecule has 0 aliphatic heterocycles. The number of rotatable bonds is 4. The van der Waals surface area contributed by atoms with Crippen molar-refractivity contribution in [3.8, 4) is 5.75 Å². The Kier molecular flexibility index (Phi) is 3.68. The van der Waals surface area contributed by atoms with E-state index in [0.717, 1.165) is 11.1 Å². The maximum atomic E-state index is 10.6. The number of aliphatic carboxylic acids is 1. The number of carboxylic acid groups (broad SMARTS) is 1. The predicted octanol–water partition coefficient (Wildman–Crippen LogP) is 0.958. The van der Waals surface area contributed by atoms with E-state index in [1.54, 1.807) is 7.11 Å². The van der Waals surface area contributed by atoms with Crippen molar-refractivity contribution in [2.75, 3.05) is 7.11 Å². The topological polar surface area (TPSA) is 72.5 Å². The average Bonchev–Trinajstić information content (AvgIpc) is 2.21. The standard InChI is InChI=1S/C11H15NO3/c1-7-3-4-9(15-2)5-8(7)6-10(12)11(13)14/h3-5,10H,6,12H2,1-2H3,(H,13,14). The van der Waals surface area contributed by atoms with Gasteiger partial charge in [0.1, 0.15) is 11.8 Å². The maximum absolute atomic E-state index is 10.6. The fraction of sp³-hybridized carbons (Fsp3) is 0.364. The fourth-order valence-electron chi connectivity index (χ4n) is 1.32. The molecule has 0 heterocycles. The first-order valence-corrected chi connectivity index (χ1v) is 4.66. The summed E-state index contributed by atoms with van der Waals surface area (Å²) in [5, 5.41) is 8.70. The largest absolute Gasteiger partial charge is 0.497 e. The van der Waals surface area contributed by atoms with Crippen LogP contribution in [0.1, 0.15) is 11.1 Å². The van der Waals surface area contributed by atoms with E-state index in [0.29, 0.717) is 12.2 Å². The Morgan fingerprint density at radius 3 is 2.80 bits per heavy atom. The molecule has 0 aliphatic carbocycles. The first-order valence-electron chi connectivity index (χ1n) is 4.66. The highest BCUT2D eigenvalue weighted by Crippen LogP contribution is 2.18. The molecule has 0 saturated carbocycles. The van der Waals surface area contributed by atoms with Crippen molar-refractivity contribution in [3.05, 3.63) is 29.3 Å². The Morgan fingerprint density at radius 1 is 1.60 bits per heavy atom. The van der Waals surface area contributed by atoms with Crippen LogP contribution in [-0.4, -0.2) is 24.2 Å². The Balaban J connectivity index is 2.88. The van der Waals surface area contributed by atoms with Crippen molar-refractivity contribution in [2.24, 2.45) is 5.73 Å². The lowest BCUT2D eigenvalue weighted by molar-refractivity contribution is -0.138. The third-order valence-electron chi connectivity index (χ3n) is 2.31. The molecule has 0 fully saturated rings. The van der Waals surface area contributed by atoms with Crippen molar-refractivity contribution in [1.29, 1.82) is 0 Å². The number of hydrogen-bond acceptors (Lipinski definition) is 3. The summed E-state index contributed by atoms with van der Waals surface area (Å²) in [6, 6.07) is 4.68. The van der Waals surface area contributed by atoms with Gasteiger partial charge in [0, 0.05) is 0 Å². The first kappa shape index (κ1) is 11.5. The summed E-state index contributed by atoms with van der Waals surface area (Å²) < 4.78 is 5.06. The van der Waals surface area contributed by atoms with Crippen LogP contribution in [0, 0.1) is 6.92 Å². The molecule has 3 N–H and O–H groups in total. The van der Waals surface area contributed by atoms with E-state index < -0.39 is 12.0 Å². The summed E-state index contributed by atoms with van der Waals surface area (Å²) in [7, 11) is 1.57. The van der Waals surface area contributed by atoms with Crippen molar-refractivity contribution in [2.45, 2.75) is 19.4 Å². The minimum Gasteiger partial charge on any atom is -0.497 e. The Hall–Kier alpha value is -1.55. The Morgan fingerprint density at radius 2 is 2.27 bits per heavy atom. The summed E-state index contributed by atoms with van der Waals surface area (Å²) in [6.45, 7) is 1.92. The van der Waals surface area contributed by atoms with Crippen LogP contribution in [0.2, 0.25) is 0 Å². The van der Waals surface area contributed by atoms with Gasteiger partial charge >= 0.3 is 5.97 Å². The lowest BCUT2D eigenvalue weighted by atomic mass is 10.0. The van der Waals surface area contributed by atoms with Crippen molar-refractivity contribution in [1.82, 2.24) is 0 Å². The summed E-state index contributed by atoms with van der Waals surface area (Å²) in [6.07, 6.45) is 0.318. The van der Waals surface area contributed by atoms with Crippen LogP contribution in [0.3, 0.4) is 0 Å². The molecule has 1 aromatic rings. The van der Waals surface area contributed by atoms with E-state index in [1.165, 1.54) is 0 Å². The molecule has 0 saturated heterocycles. The van der Waals surface area contributed by atoms with Gasteiger partial charge in [0.25, 0.3) is 0 Å². The third-order valence-corrected chi connectivity index (χ3v) is 2.31. The molecule has 0 radical (unpaired) electrons. The highest BCUT2D eigenvalue weighted by atomic mass is 16.5. The van der Waals surface area contributed by atoms with Crippen LogP contribution < -0.4 is 10.5 Å². The quantitative estimate of drug-likeness (QED) is 0.774. The minimum absolute atomic E-state index is 0.318. The summed E-state index contributed by atoms with van der Waals surface area (Å²) in [5.41, 5.74) is 7.40. The van der Waals surface area contributed by atoms with Crippen molar-refractivity contribution < 1.29 is 14.6 Å². The molecule has 4 heteroatoms. The highest BCUT2D eigenvalue weighted by Gasteiger charge is 2.13. The molecular formula is C11H15NO3. The number of ether oxygens (including phenoxy) is 1. The van der Waals surface area contributed by atoms with E-state index in [1.807, 2.05) is 25.1 Å². The van der Waals surface area contributed by atoms with E-state index in [4.69, 9.17) is 15.6 Å². The molecule has 0 spiro atoms. The van der Waals surface area contributed by atoms with Gasteiger partial charge in [0.15, 0.2) is 0 Å². The van der Waals surface area contributed by atoms with Crippen LogP contribution in [0.4, 0.5) is 0 Å². The monoisotopic (exact) mass is 209 g/mol. The number of aryl methyl sites for hydroxylation is 1. The van der Waals surface area contributed by atoms with Gasteiger partial charge in [0.2, 0.25) is 0 Å². The zero-order chi connectivity index (χ0) is 11.4. The molecule has 4 nitrogen and oxygen atoms in total. The number of benzene rings is 1. The van der Waals surface area contributed by atoms with Gasteiger partial charge in [-0.25, -0.2) is 0 Å². The van der Waals surface area contributed by atoms with Gasteiger partial charge in [0.05, 0.1) is 7.11 Å². The Labute approximate surface area is 88.7 Å². The number of carbonyl (C=O) groups is 1. The average molecular weight is 209 g/mol. The first-order chi connectivity index (χ1) is 7.04. The molecule has 0 amide bonds. The smallest absolute Gasteiger partial charge is 0.320 e. The Bertz CT molecular complexity index is 363. The summed E-state index contributed by atoms with van der Waals surface area (Å²) in [5.74, 6) is -0.273. The number of nitrogens with two attached hydrogens (primary N) is 1. The molecule has 0 aromatic heterocycles. The third kappa shape index (κ3) is 2.95. The predicted molar refractivity (Wildman–Crippen MR) is 57.0 cm³/mol. The van der Waals surface area contributed by atoms with Crippen LogP contribution in [-0.2, 0) is 11.2 Å². The second-order valence-corrected chi connectivity index (χ2v) is 3.44. The van der Waals surface area contributed by atoms with E-state index in [9.17, 15) is 4.79 Å². The molecule has 15 heavy (non-hydrogen) atoms. The molecular weight excluding hydrogens is 194 g/mol. The van der Waals surface area contributed by atoms with Gasteiger partial charge in [-0.2, -0.15) is 0 Å². The second kappa shape index (κ2) is 4.79. The van der Waals surface area contributed by atoms with E-state index in [2.05, 4.69) is 0 Å². The minimum atomic E-state index is -0.989. The van der Waals surface area contributed by atoms with Gasteiger partial charge in [-0.15, -0.1) is 0 Å². The number of carboxylic acids is 1. The molecule has 0 bridgehead atoms. The van der Waals surface area contributed by atoms with Crippen LogP contribution in [0.15, 0.2) is 18.2 Å². The van der Waals surface area contributed by atoms with Gasteiger partial charge in [-0.1, -0.05) is 6.07 Å². The maximum Gasteiger partial charge on any atom is 0.320 e.